The number of amides is 1. The Bertz CT molecular complexity index is 929. The number of benzene rings is 2. The van der Waals surface area contributed by atoms with Gasteiger partial charge in [-0.15, -0.1) is 0 Å². The number of halogens is 1. The average Bonchev–Trinajstić information content (AvgIpc) is 3.20. The van der Waals surface area contributed by atoms with Crippen molar-refractivity contribution >= 4 is 23.2 Å². The average molecular weight is 431 g/mol. The summed E-state index contributed by atoms with van der Waals surface area (Å²) in [7, 11) is 3.20. The molecule has 0 radical (unpaired) electrons. The van der Waals surface area contributed by atoms with Crippen LogP contribution in [-0.2, 0) is 16.2 Å². The monoisotopic (exact) mass is 430 g/mol. The minimum Gasteiger partial charge on any atom is -0.493 e. The molecule has 3 rings (SSSR count). The molecule has 1 atom stereocenters. The van der Waals surface area contributed by atoms with Gasteiger partial charge in [-0.2, -0.15) is 0 Å². The second kappa shape index (κ2) is 9.85. The van der Waals surface area contributed by atoms with Gasteiger partial charge in [-0.25, -0.2) is 0 Å². The Balaban J connectivity index is 1.70. The second-order valence-corrected chi connectivity index (χ2v) is 7.98. The Hall–Kier alpha value is -2.73. The zero-order valence-corrected chi connectivity index (χ0v) is 18.5. The van der Waals surface area contributed by atoms with Crippen LogP contribution in [-0.4, -0.2) is 43.4 Å². The van der Waals surface area contributed by atoms with Crippen molar-refractivity contribution in [2.24, 2.45) is 11.1 Å². The number of carbonyl (C=O) groups is 1. The van der Waals surface area contributed by atoms with Crippen molar-refractivity contribution in [3.8, 4) is 11.5 Å². The van der Waals surface area contributed by atoms with E-state index in [0.717, 1.165) is 16.8 Å². The zero-order chi connectivity index (χ0) is 21.7. The van der Waals surface area contributed by atoms with E-state index < -0.39 is 0 Å². The van der Waals surface area contributed by atoms with E-state index in [9.17, 15) is 4.79 Å². The molecule has 0 aromatic heterocycles. The molecule has 0 N–H and O–H groups in total. The maximum absolute atomic E-state index is 12.8. The highest BCUT2D eigenvalue weighted by Crippen LogP contribution is 2.30. The summed E-state index contributed by atoms with van der Waals surface area (Å²) in [6, 6.07) is 13.2. The van der Waals surface area contributed by atoms with Gasteiger partial charge in [0.05, 0.1) is 26.5 Å². The van der Waals surface area contributed by atoms with Crippen LogP contribution in [0.2, 0.25) is 5.02 Å². The molecule has 1 heterocycles. The summed E-state index contributed by atoms with van der Waals surface area (Å²) in [4.78, 5) is 20.3. The smallest absolute Gasteiger partial charge is 0.225 e. The summed E-state index contributed by atoms with van der Waals surface area (Å²) < 4.78 is 10.7. The number of ether oxygens (including phenoxy) is 2. The fraction of sp³-hybridized carbons (Fsp3) is 0.391. The van der Waals surface area contributed by atoms with Crippen LogP contribution in [0.4, 0.5) is 0 Å². The lowest BCUT2D eigenvalue weighted by Gasteiger charge is -2.26. The molecule has 0 saturated carbocycles. The summed E-state index contributed by atoms with van der Waals surface area (Å²) >= 11 is 6.11. The molecule has 160 valence electrons. The molecule has 1 unspecified atom stereocenters. The predicted octanol–water partition coefficient (Wildman–Crippen LogP) is 4.54. The largest absolute Gasteiger partial charge is 0.493 e. The van der Waals surface area contributed by atoms with E-state index in [1.165, 1.54) is 0 Å². The normalized spacial score (nSPS) is 15.5. The van der Waals surface area contributed by atoms with Gasteiger partial charge in [0.2, 0.25) is 5.91 Å². The van der Waals surface area contributed by atoms with Crippen LogP contribution in [0, 0.1) is 5.92 Å². The summed E-state index contributed by atoms with van der Waals surface area (Å²) in [5, 5.41) is 4.91. The van der Waals surface area contributed by atoms with Gasteiger partial charge in [0.15, 0.2) is 17.6 Å². The topological polar surface area (TPSA) is 60.4 Å². The molecule has 1 aliphatic heterocycles. The number of hydrogen-bond acceptors (Lipinski definition) is 5. The number of methoxy groups -OCH3 is 2. The van der Waals surface area contributed by atoms with Gasteiger partial charge in [0.25, 0.3) is 0 Å². The van der Waals surface area contributed by atoms with Crippen molar-refractivity contribution in [2.45, 2.75) is 32.9 Å². The molecule has 7 heteroatoms. The minimum absolute atomic E-state index is 0.0677. The third kappa shape index (κ3) is 5.25. The number of rotatable bonds is 8. The van der Waals surface area contributed by atoms with Gasteiger partial charge in [-0.3, -0.25) is 4.79 Å². The van der Waals surface area contributed by atoms with Gasteiger partial charge in [-0.1, -0.05) is 42.7 Å². The lowest BCUT2D eigenvalue weighted by Crippen LogP contribution is -2.39. The number of hydrogen-bond donors (Lipinski definition) is 0. The molecule has 1 amide bonds. The van der Waals surface area contributed by atoms with Crippen LogP contribution >= 0.6 is 11.6 Å². The van der Waals surface area contributed by atoms with Crippen molar-refractivity contribution in [1.29, 1.82) is 0 Å². The number of nitrogens with zero attached hydrogens (tertiary/aromatic N) is 2. The first-order chi connectivity index (χ1) is 14.4. The highest BCUT2D eigenvalue weighted by molar-refractivity contribution is 6.30. The van der Waals surface area contributed by atoms with Crippen LogP contribution in [0.25, 0.3) is 0 Å². The fourth-order valence-corrected chi connectivity index (χ4v) is 3.62. The van der Waals surface area contributed by atoms with E-state index in [2.05, 4.69) is 5.16 Å². The number of carbonyl (C=O) groups excluding carboxylic acids is 1. The molecule has 2 aromatic carbocycles. The van der Waals surface area contributed by atoms with Gasteiger partial charge < -0.3 is 19.2 Å². The van der Waals surface area contributed by atoms with Crippen LogP contribution in [0.3, 0.4) is 0 Å². The van der Waals surface area contributed by atoms with Crippen LogP contribution in [0.5, 0.6) is 11.5 Å². The maximum Gasteiger partial charge on any atom is 0.225 e. The molecule has 0 spiro atoms. The van der Waals surface area contributed by atoms with E-state index in [-0.39, 0.29) is 17.9 Å². The Labute approximate surface area is 182 Å². The Morgan fingerprint density at radius 1 is 1.20 bits per heavy atom. The molecular weight excluding hydrogens is 404 g/mol. The predicted molar refractivity (Wildman–Crippen MR) is 117 cm³/mol. The van der Waals surface area contributed by atoms with E-state index in [4.69, 9.17) is 25.9 Å². The molecule has 30 heavy (non-hydrogen) atoms. The third-order valence-corrected chi connectivity index (χ3v) is 5.18. The van der Waals surface area contributed by atoms with Crippen LogP contribution in [0.1, 0.15) is 31.4 Å². The quantitative estimate of drug-likeness (QED) is 0.617. The van der Waals surface area contributed by atoms with Crippen LogP contribution < -0.4 is 9.47 Å². The molecule has 0 saturated heterocycles. The molecule has 0 bridgehead atoms. The van der Waals surface area contributed by atoms with Crippen molar-refractivity contribution in [3.63, 3.8) is 0 Å². The minimum atomic E-state index is -0.213. The maximum atomic E-state index is 12.8. The van der Waals surface area contributed by atoms with E-state index >= 15 is 0 Å². The summed E-state index contributed by atoms with van der Waals surface area (Å²) in [6.45, 7) is 4.72. The standard InChI is InChI=1S/C23H27ClN2O4/c1-15(2)23(27)26(13-16-6-5-7-18(24)10-16)14-19-12-20(25-30-19)17-8-9-21(28-3)22(11-17)29-4/h5-11,15,19H,12-14H2,1-4H3. The van der Waals surface area contributed by atoms with Gasteiger partial charge in [-0.05, 0) is 35.9 Å². The molecule has 0 fully saturated rings. The molecule has 6 nitrogen and oxygen atoms in total. The first-order valence-corrected chi connectivity index (χ1v) is 10.3. The lowest BCUT2D eigenvalue weighted by atomic mass is 10.0. The van der Waals surface area contributed by atoms with E-state index in [0.29, 0.717) is 36.0 Å². The number of oxime groups is 1. The summed E-state index contributed by atoms with van der Waals surface area (Å²) in [6.07, 6.45) is 0.391. The fourth-order valence-electron chi connectivity index (χ4n) is 3.41. The molecule has 1 aliphatic rings. The van der Waals surface area contributed by atoms with Gasteiger partial charge >= 0.3 is 0 Å². The molecular formula is C23H27ClN2O4. The van der Waals surface area contributed by atoms with Crippen molar-refractivity contribution in [2.75, 3.05) is 20.8 Å². The zero-order valence-electron chi connectivity index (χ0n) is 17.7. The lowest BCUT2D eigenvalue weighted by molar-refractivity contribution is -0.136. The van der Waals surface area contributed by atoms with E-state index in [1.54, 1.807) is 14.2 Å². The van der Waals surface area contributed by atoms with Crippen molar-refractivity contribution < 1.29 is 19.1 Å². The SMILES string of the molecule is COc1ccc(C2=NOC(CN(Cc3cccc(Cl)c3)C(=O)C(C)C)C2)cc1OC. The van der Waals surface area contributed by atoms with Gasteiger partial charge in [0, 0.05) is 29.5 Å². The summed E-state index contributed by atoms with van der Waals surface area (Å²) in [5.41, 5.74) is 2.71. The first-order valence-electron chi connectivity index (χ1n) is 9.89. The van der Waals surface area contributed by atoms with Crippen LogP contribution in [0.15, 0.2) is 47.6 Å². The third-order valence-electron chi connectivity index (χ3n) is 4.94. The molecule has 2 aromatic rings. The highest BCUT2D eigenvalue weighted by Gasteiger charge is 2.28. The highest BCUT2D eigenvalue weighted by atomic mass is 35.5. The Morgan fingerprint density at radius 2 is 1.97 bits per heavy atom. The van der Waals surface area contributed by atoms with Gasteiger partial charge in [0.1, 0.15) is 0 Å². The Kier molecular flexibility index (Phi) is 7.21. The van der Waals surface area contributed by atoms with Crippen molar-refractivity contribution in [1.82, 2.24) is 4.90 Å². The Morgan fingerprint density at radius 3 is 2.63 bits per heavy atom. The van der Waals surface area contributed by atoms with E-state index in [1.807, 2.05) is 61.2 Å². The van der Waals surface area contributed by atoms with Crippen molar-refractivity contribution in [3.05, 3.63) is 58.6 Å². The molecule has 0 aliphatic carbocycles. The second-order valence-electron chi connectivity index (χ2n) is 7.54. The summed E-state index contributed by atoms with van der Waals surface area (Å²) in [5.74, 6) is 1.25. The first kappa shape index (κ1) is 22.0.